The van der Waals surface area contributed by atoms with E-state index >= 15 is 0 Å². The van der Waals surface area contributed by atoms with Gasteiger partial charge in [0.1, 0.15) is 17.3 Å². The van der Waals surface area contributed by atoms with Crippen LogP contribution < -0.4 is 4.90 Å². The summed E-state index contributed by atoms with van der Waals surface area (Å²) < 4.78 is 26.9. The van der Waals surface area contributed by atoms with Crippen LogP contribution >= 0.6 is 0 Å². The van der Waals surface area contributed by atoms with Crippen LogP contribution in [0.5, 0.6) is 0 Å². The number of carbonyl (C=O) groups excluding carboxylic acids is 1. The van der Waals surface area contributed by atoms with Crippen LogP contribution in [0.2, 0.25) is 0 Å². The normalized spacial score (nSPS) is 14.2. The maximum absolute atomic E-state index is 13.9. The maximum Gasteiger partial charge on any atom is 0.256 e. The Bertz CT molecular complexity index is 974. The van der Waals surface area contributed by atoms with Crippen molar-refractivity contribution in [1.29, 1.82) is 0 Å². The van der Waals surface area contributed by atoms with Crippen molar-refractivity contribution in [2.45, 2.75) is 0 Å². The number of carbonyl (C=O) groups is 1. The molecule has 142 valence electrons. The van der Waals surface area contributed by atoms with E-state index in [0.29, 0.717) is 37.7 Å². The number of pyridine rings is 1. The maximum atomic E-state index is 13.9. The van der Waals surface area contributed by atoms with Gasteiger partial charge in [0.05, 0.1) is 11.3 Å². The van der Waals surface area contributed by atoms with Crippen molar-refractivity contribution >= 4 is 11.7 Å². The average Bonchev–Trinajstić information content (AvgIpc) is 2.74. The molecule has 1 amide bonds. The van der Waals surface area contributed by atoms with Crippen molar-refractivity contribution in [1.82, 2.24) is 20.1 Å². The van der Waals surface area contributed by atoms with Gasteiger partial charge in [-0.25, -0.2) is 8.78 Å². The second-order valence-electron chi connectivity index (χ2n) is 6.40. The first-order chi connectivity index (χ1) is 13.6. The molecule has 3 aromatic rings. The number of piperazine rings is 1. The van der Waals surface area contributed by atoms with E-state index in [0.717, 1.165) is 17.8 Å². The highest BCUT2D eigenvalue weighted by molar-refractivity contribution is 5.94. The van der Waals surface area contributed by atoms with Gasteiger partial charge in [-0.05, 0) is 36.4 Å². The Balaban J connectivity index is 1.40. The van der Waals surface area contributed by atoms with E-state index < -0.39 is 17.5 Å². The molecule has 1 aliphatic rings. The van der Waals surface area contributed by atoms with Gasteiger partial charge in [-0.2, -0.15) is 0 Å². The molecule has 0 spiro atoms. The Hall–Kier alpha value is -3.42. The number of benzene rings is 1. The lowest BCUT2D eigenvalue weighted by atomic mass is 10.1. The van der Waals surface area contributed by atoms with Gasteiger partial charge in [-0.1, -0.05) is 6.07 Å². The van der Waals surface area contributed by atoms with Crippen molar-refractivity contribution in [3.8, 4) is 11.4 Å². The number of rotatable bonds is 3. The number of nitrogens with zero attached hydrogens (tertiary/aromatic N) is 5. The van der Waals surface area contributed by atoms with Crippen LogP contribution in [0.15, 0.2) is 54.7 Å². The molecule has 1 saturated heterocycles. The lowest BCUT2D eigenvalue weighted by Crippen LogP contribution is -2.49. The molecule has 0 aliphatic carbocycles. The zero-order valence-corrected chi connectivity index (χ0v) is 14.9. The molecule has 6 nitrogen and oxygen atoms in total. The summed E-state index contributed by atoms with van der Waals surface area (Å²) in [6.45, 7) is 1.93. The zero-order valence-electron chi connectivity index (χ0n) is 14.9. The largest absolute Gasteiger partial charge is 0.352 e. The van der Waals surface area contributed by atoms with E-state index in [1.807, 2.05) is 35.2 Å². The molecular weight excluding hydrogens is 364 g/mol. The van der Waals surface area contributed by atoms with Gasteiger partial charge in [0.2, 0.25) is 0 Å². The minimum absolute atomic E-state index is 0.116. The molecule has 0 unspecified atom stereocenters. The van der Waals surface area contributed by atoms with Gasteiger partial charge in [0, 0.05) is 38.4 Å². The number of aromatic nitrogens is 3. The Labute approximate surface area is 160 Å². The fourth-order valence-corrected chi connectivity index (χ4v) is 3.12. The van der Waals surface area contributed by atoms with Gasteiger partial charge in [0.15, 0.2) is 5.82 Å². The van der Waals surface area contributed by atoms with Crippen molar-refractivity contribution < 1.29 is 13.6 Å². The number of hydrogen-bond acceptors (Lipinski definition) is 5. The fourth-order valence-electron chi connectivity index (χ4n) is 3.12. The summed E-state index contributed by atoms with van der Waals surface area (Å²) in [6.07, 6.45) is 1.70. The standard InChI is InChI=1S/C20H17F2N5O/c21-14-4-5-15(16(22)13-14)20(28)27-11-9-26(10-12-27)19-7-6-18(24-25-19)17-3-1-2-8-23-17/h1-8,13H,9-12H2. The third-order valence-electron chi connectivity index (χ3n) is 4.63. The molecule has 0 bridgehead atoms. The molecule has 1 aliphatic heterocycles. The lowest BCUT2D eigenvalue weighted by Gasteiger charge is -2.35. The van der Waals surface area contributed by atoms with Gasteiger partial charge >= 0.3 is 0 Å². The molecule has 0 saturated carbocycles. The number of hydrogen-bond donors (Lipinski definition) is 0. The molecule has 2 aromatic heterocycles. The van der Waals surface area contributed by atoms with Gasteiger partial charge in [0.25, 0.3) is 5.91 Å². The Morgan fingerprint density at radius 3 is 2.36 bits per heavy atom. The van der Waals surface area contributed by atoms with E-state index in [9.17, 15) is 13.6 Å². The van der Waals surface area contributed by atoms with Crippen molar-refractivity contribution in [2.24, 2.45) is 0 Å². The van der Waals surface area contributed by atoms with Crippen LogP contribution in [0.4, 0.5) is 14.6 Å². The van der Waals surface area contributed by atoms with Crippen LogP contribution in [-0.2, 0) is 0 Å². The summed E-state index contributed by atoms with van der Waals surface area (Å²) in [5.74, 6) is -1.27. The minimum atomic E-state index is -0.844. The monoisotopic (exact) mass is 381 g/mol. The summed E-state index contributed by atoms with van der Waals surface area (Å²) in [6, 6.07) is 12.3. The van der Waals surface area contributed by atoms with E-state index in [-0.39, 0.29) is 5.56 Å². The quantitative estimate of drug-likeness (QED) is 0.698. The summed E-state index contributed by atoms with van der Waals surface area (Å²) in [5, 5.41) is 8.49. The predicted molar refractivity (Wildman–Crippen MR) is 99.7 cm³/mol. The summed E-state index contributed by atoms with van der Waals surface area (Å²) in [7, 11) is 0. The first-order valence-corrected chi connectivity index (χ1v) is 8.86. The van der Waals surface area contributed by atoms with E-state index in [2.05, 4.69) is 15.2 Å². The third kappa shape index (κ3) is 3.66. The van der Waals surface area contributed by atoms with Crippen molar-refractivity contribution in [3.05, 3.63) is 71.9 Å². The van der Waals surface area contributed by atoms with Gasteiger partial charge in [-0.15, -0.1) is 10.2 Å². The summed E-state index contributed by atoms with van der Waals surface area (Å²) in [5.41, 5.74) is 1.32. The van der Waals surface area contributed by atoms with Gasteiger partial charge < -0.3 is 9.80 Å². The molecule has 0 N–H and O–H groups in total. The first-order valence-electron chi connectivity index (χ1n) is 8.86. The Morgan fingerprint density at radius 2 is 1.71 bits per heavy atom. The highest BCUT2D eigenvalue weighted by Crippen LogP contribution is 2.19. The van der Waals surface area contributed by atoms with E-state index in [1.54, 1.807) is 11.1 Å². The number of anilines is 1. The van der Waals surface area contributed by atoms with Crippen molar-refractivity contribution in [2.75, 3.05) is 31.1 Å². The summed E-state index contributed by atoms with van der Waals surface area (Å²) in [4.78, 5) is 20.3. The lowest BCUT2D eigenvalue weighted by molar-refractivity contribution is 0.0741. The molecular formula is C20H17F2N5O. The average molecular weight is 381 g/mol. The van der Waals surface area contributed by atoms with Crippen LogP contribution in [0.25, 0.3) is 11.4 Å². The van der Waals surface area contributed by atoms with Crippen LogP contribution in [-0.4, -0.2) is 52.2 Å². The minimum Gasteiger partial charge on any atom is -0.352 e. The Morgan fingerprint density at radius 1 is 0.893 bits per heavy atom. The SMILES string of the molecule is O=C(c1ccc(F)cc1F)N1CCN(c2ccc(-c3ccccn3)nn2)CC1. The van der Waals surface area contributed by atoms with E-state index in [1.165, 1.54) is 6.07 Å². The number of amides is 1. The van der Waals surface area contributed by atoms with Gasteiger partial charge in [-0.3, -0.25) is 9.78 Å². The molecule has 0 atom stereocenters. The highest BCUT2D eigenvalue weighted by atomic mass is 19.1. The second-order valence-corrected chi connectivity index (χ2v) is 6.40. The molecule has 3 heterocycles. The van der Waals surface area contributed by atoms with Crippen LogP contribution in [0.1, 0.15) is 10.4 Å². The zero-order chi connectivity index (χ0) is 19.5. The molecule has 1 fully saturated rings. The second kappa shape index (κ2) is 7.67. The predicted octanol–water partition coefficient (Wildman–Crippen LogP) is 2.78. The van der Waals surface area contributed by atoms with Crippen molar-refractivity contribution in [3.63, 3.8) is 0 Å². The van der Waals surface area contributed by atoms with Crippen LogP contribution in [0.3, 0.4) is 0 Å². The molecule has 28 heavy (non-hydrogen) atoms. The molecule has 0 radical (unpaired) electrons. The topological polar surface area (TPSA) is 62.2 Å². The Kier molecular flexibility index (Phi) is 4.92. The van der Waals surface area contributed by atoms with E-state index in [4.69, 9.17) is 0 Å². The van der Waals surface area contributed by atoms with Crippen LogP contribution in [0, 0.1) is 11.6 Å². The smallest absolute Gasteiger partial charge is 0.256 e. The fraction of sp³-hybridized carbons (Fsp3) is 0.200. The third-order valence-corrected chi connectivity index (χ3v) is 4.63. The summed E-state index contributed by atoms with van der Waals surface area (Å²) >= 11 is 0. The first kappa shape index (κ1) is 18.0. The molecule has 8 heteroatoms. The highest BCUT2D eigenvalue weighted by Gasteiger charge is 2.25. The number of halogens is 2. The molecule has 1 aromatic carbocycles. The molecule has 4 rings (SSSR count).